The van der Waals surface area contributed by atoms with Crippen molar-refractivity contribution < 1.29 is 0 Å². The number of piperidine rings is 1. The molecule has 0 radical (unpaired) electrons. The Balaban J connectivity index is 2.21. The second-order valence-corrected chi connectivity index (χ2v) is 5.20. The van der Waals surface area contributed by atoms with Crippen LogP contribution in [0.25, 0.3) is 0 Å². The normalized spacial score (nSPS) is 19.2. The average Bonchev–Trinajstić information content (AvgIpc) is 2.28. The van der Waals surface area contributed by atoms with E-state index in [4.69, 9.17) is 5.26 Å². The third kappa shape index (κ3) is 2.33. The van der Waals surface area contributed by atoms with Crippen molar-refractivity contribution in [3.05, 3.63) is 24.0 Å². The summed E-state index contributed by atoms with van der Waals surface area (Å²) < 4.78 is 0. The molecule has 0 spiro atoms. The van der Waals surface area contributed by atoms with Crippen LogP contribution in [0, 0.1) is 16.7 Å². The van der Waals surface area contributed by atoms with Crippen LogP contribution < -0.4 is 4.90 Å². The van der Waals surface area contributed by atoms with Crippen LogP contribution in [0.2, 0.25) is 0 Å². The van der Waals surface area contributed by atoms with Gasteiger partial charge in [-0.1, -0.05) is 13.8 Å². The Morgan fingerprint density at radius 3 is 3.00 bits per heavy atom. The van der Waals surface area contributed by atoms with E-state index in [2.05, 4.69) is 29.8 Å². The van der Waals surface area contributed by atoms with Crippen molar-refractivity contribution in [1.82, 2.24) is 4.98 Å². The Bertz CT molecular complexity index is 417. The first kappa shape index (κ1) is 10.9. The first-order valence-corrected chi connectivity index (χ1v) is 5.72. The maximum absolute atomic E-state index is 8.83. The molecule has 16 heavy (non-hydrogen) atoms. The molecule has 0 amide bonds. The molecule has 1 fully saturated rings. The highest BCUT2D eigenvalue weighted by molar-refractivity contribution is 5.49. The van der Waals surface area contributed by atoms with Crippen LogP contribution in [-0.4, -0.2) is 18.1 Å². The predicted molar refractivity (Wildman–Crippen MR) is 64.2 cm³/mol. The van der Waals surface area contributed by atoms with E-state index in [1.54, 1.807) is 6.20 Å². The lowest BCUT2D eigenvalue weighted by Crippen LogP contribution is -2.40. The Kier molecular flexibility index (Phi) is 2.82. The van der Waals surface area contributed by atoms with Crippen molar-refractivity contribution >= 4 is 5.69 Å². The van der Waals surface area contributed by atoms with Gasteiger partial charge in [0.15, 0.2) is 0 Å². The van der Waals surface area contributed by atoms with Crippen LogP contribution in [-0.2, 0) is 0 Å². The van der Waals surface area contributed by atoms with Crippen LogP contribution >= 0.6 is 0 Å². The van der Waals surface area contributed by atoms with E-state index in [1.807, 2.05) is 12.1 Å². The number of nitriles is 1. The fraction of sp³-hybridized carbons (Fsp3) is 0.538. The van der Waals surface area contributed by atoms with E-state index in [1.165, 1.54) is 12.8 Å². The summed E-state index contributed by atoms with van der Waals surface area (Å²) in [5.41, 5.74) is 1.99. The molecule has 1 aliphatic heterocycles. The second-order valence-electron chi connectivity index (χ2n) is 5.20. The zero-order valence-electron chi connectivity index (χ0n) is 9.90. The molecule has 2 heterocycles. The van der Waals surface area contributed by atoms with Crippen molar-refractivity contribution in [1.29, 1.82) is 5.26 Å². The largest absolute Gasteiger partial charge is 0.371 e. The van der Waals surface area contributed by atoms with Crippen LogP contribution in [0.1, 0.15) is 32.4 Å². The van der Waals surface area contributed by atoms with Gasteiger partial charge >= 0.3 is 0 Å². The van der Waals surface area contributed by atoms with Crippen molar-refractivity contribution in [3.63, 3.8) is 0 Å². The highest BCUT2D eigenvalue weighted by Crippen LogP contribution is 2.31. The minimum atomic E-state index is 0.369. The van der Waals surface area contributed by atoms with Gasteiger partial charge in [-0.3, -0.25) is 0 Å². The van der Waals surface area contributed by atoms with Gasteiger partial charge in [-0.25, -0.2) is 4.98 Å². The second kappa shape index (κ2) is 4.13. The summed E-state index contributed by atoms with van der Waals surface area (Å²) in [6.45, 7) is 6.73. The van der Waals surface area contributed by atoms with E-state index >= 15 is 0 Å². The molecule has 84 valence electrons. The zero-order chi connectivity index (χ0) is 11.6. The molecule has 0 N–H and O–H groups in total. The van der Waals surface area contributed by atoms with Gasteiger partial charge in [-0.15, -0.1) is 0 Å². The fourth-order valence-corrected chi connectivity index (χ4v) is 2.32. The molecule has 3 heteroatoms. The summed E-state index contributed by atoms with van der Waals surface area (Å²) in [6.07, 6.45) is 4.21. The quantitative estimate of drug-likeness (QED) is 0.723. The van der Waals surface area contributed by atoms with E-state index in [0.29, 0.717) is 11.1 Å². The third-order valence-electron chi connectivity index (χ3n) is 3.12. The lowest BCUT2D eigenvalue weighted by atomic mass is 9.84. The fourth-order valence-electron chi connectivity index (χ4n) is 2.32. The minimum absolute atomic E-state index is 0.369. The van der Waals surface area contributed by atoms with Crippen molar-refractivity contribution in [2.45, 2.75) is 26.7 Å². The molecule has 0 aliphatic carbocycles. The van der Waals surface area contributed by atoms with E-state index < -0.39 is 0 Å². The SMILES string of the molecule is CC1(C)CCCN(c2ccnc(C#N)c2)C1. The Hall–Kier alpha value is -1.56. The molecule has 1 aromatic heterocycles. The highest BCUT2D eigenvalue weighted by atomic mass is 15.1. The van der Waals surface area contributed by atoms with Crippen molar-refractivity contribution in [3.8, 4) is 6.07 Å². The van der Waals surface area contributed by atoms with Gasteiger partial charge in [0.25, 0.3) is 0 Å². The summed E-state index contributed by atoms with van der Waals surface area (Å²) in [6, 6.07) is 5.95. The van der Waals surface area contributed by atoms with Gasteiger partial charge in [0.2, 0.25) is 0 Å². The molecule has 0 bridgehead atoms. The van der Waals surface area contributed by atoms with Crippen LogP contribution in [0.3, 0.4) is 0 Å². The minimum Gasteiger partial charge on any atom is -0.371 e. The van der Waals surface area contributed by atoms with Gasteiger partial charge in [0, 0.05) is 25.0 Å². The molecule has 0 unspecified atom stereocenters. The van der Waals surface area contributed by atoms with E-state index in [9.17, 15) is 0 Å². The Morgan fingerprint density at radius 2 is 2.31 bits per heavy atom. The number of rotatable bonds is 1. The number of hydrogen-bond acceptors (Lipinski definition) is 3. The summed E-state index contributed by atoms with van der Waals surface area (Å²) in [5, 5.41) is 8.83. The van der Waals surface area contributed by atoms with Crippen molar-refractivity contribution in [2.75, 3.05) is 18.0 Å². The number of hydrogen-bond donors (Lipinski definition) is 0. The van der Waals surface area contributed by atoms with Gasteiger partial charge in [0.05, 0.1) is 0 Å². The number of pyridine rings is 1. The van der Waals surface area contributed by atoms with Gasteiger partial charge in [0.1, 0.15) is 11.8 Å². The topological polar surface area (TPSA) is 39.9 Å². The lowest BCUT2D eigenvalue weighted by molar-refractivity contribution is 0.293. The molecule has 0 saturated carbocycles. The molecule has 3 nitrogen and oxygen atoms in total. The van der Waals surface area contributed by atoms with Gasteiger partial charge < -0.3 is 4.90 Å². The number of nitrogens with zero attached hydrogens (tertiary/aromatic N) is 3. The monoisotopic (exact) mass is 215 g/mol. The summed E-state index contributed by atoms with van der Waals surface area (Å²) in [4.78, 5) is 6.35. The Morgan fingerprint density at radius 1 is 1.50 bits per heavy atom. The van der Waals surface area contributed by atoms with Crippen LogP contribution in [0.15, 0.2) is 18.3 Å². The summed E-state index contributed by atoms with van der Waals surface area (Å²) >= 11 is 0. The van der Waals surface area contributed by atoms with Crippen molar-refractivity contribution in [2.24, 2.45) is 5.41 Å². The highest BCUT2D eigenvalue weighted by Gasteiger charge is 2.26. The summed E-state index contributed by atoms with van der Waals surface area (Å²) in [5.74, 6) is 0. The average molecular weight is 215 g/mol. The first-order chi connectivity index (χ1) is 7.61. The standard InChI is InChI=1S/C13H17N3/c1-13(2)5-3-7-16(10-13)12-4-6-15-11(8-12)9-14/h4,6,8H,3,5,7,10H2,1-2H3. The molecule has 0 atom stereocenters. The Labute approximate surface area is 96.7 Å². The van der Waals surface area contributed by atoms with E-state index in [0.717, 1.165) is 18.8 Å². The first-order valence-electron chi connectivity index (χ1n) is 5.72. The van der Waals surface area contributed by atoms with Crippen LogP contribution in [0.4, 0.5) is 5.69 Å². The van der Waals surface area contributed by atoms with E-state index in [-0.39, 0.29) is 0 Å². The number of anilines is 1. The number of aromatic nitrogens is 1. The molecular formula is C13H17N3. The van der Waals surface area contributed by atoms with Crippen LogP contribution in [0.5, 0.6) is 0 Å². The third-order valence-corrected chi connectivity index (χ3v) is 3.12. The molecular weight excluding hydrogens is 198 g/mol. The molecule has 1 saturated heterocycles. The molecule has 1 aliphatic rings. The van der Waals surface area contributed by atoms with Gasteiger partial charge in [-0.2, -0.15) is 5.26 Å². The molecule has 2 rings (SSSR count). The maximum atomic E-state index is 8.83. The zero-order valence-corrected chi connectivity index (χ0v) is 9.90. The van der Waals surface area contributed by atoms with Gasteiger partial charge in [-0.05, 0) is 30.4 Å². The molecule has 1 aromatic rings. The maximum Gasteiger partial charge on any atom is 0.142 e. The summed E-state index contributed by atoms with van der Waals surface area (Å²) in [7, 11) is 0. The predicted octanol–water partition coefficient (Wildman–Crippen LogP) is 2.58. The lowest BCUT2D eigenvalue weighted by Gasteiger charge is -2.39. The smallest absolute Gasteiger partial charge is 0.142 e. The molecule has 0 aromatic carbocycles.